The highest BCUT2D eigenvalue weighted by Gasteiger charge is 2.44. The maximum absolute atomic E-state index is 12.8. The van der Waals surface area contributed by atoms with Crippen molar-refractivity contribution in [2.24, 2.45) is 0 Å². The quantitative estimate of drug-likeness (QED) is 0.651. The molecule has 5 nitrogen and oxygen atoms in total. The fourth-order valence-electron chi connectivity index (χ4n) is 3.78. The van der Waals surface area contributed by atoms with Gasteiger partial charge >= 0.3 is 5.97 Å². The van der Waals surface area contributed by atoms with Crippen molar-refractivity contribution in [3.63, 3.8) is 0 Å². The fraction of sp³-hybridized carbons (Fsp3) is 0.435. The second kappa shape index (κ2) is 9.60. The van der Waals surface area contributed by atoms with Crippen molar-refractivity contribution in [2.75, 3.05) is 40.0 Å². The molecule has 0 radical (unpaired) electrons. The molecule has 1 fully saturated rings. The molecule has 1 saturated heterocycles. The van der Waals surface area contributed by atoms with Crippen molar-refractivity contribution in [1.29, 1.82) is 0 Å². The van der Waals surface area contributed by atoms with Crippen LogP contribution < -0.4 is 9.47 Å². The maximum Gasteiger partial charge on any atom is 0.316 e. The Hall–Kier alpha value is -2.53. The van der Waals surface area contributed by atoms with E-state index in [1.54, 1.807) is 7.11 Å². The van der Waals surface area contributed by atoms with E-state index in [2.05, 4.69) is 4.90 Å². The van der Waals surface area contributed by atoms with E-state index in [1.807, 2.05) is 61.5 Å². The number of likely N-dealkylation sites (tertiary alicyclic amines) is 1. The van der Waals surface area contributed by atoms with Crippen molar-refractivity contribution in [1.82, 2.24) is 4.90 Å². The summed E-state index contributed by atoms with van der Waals surface area (Å²) in [5.41, 5.74) is 0.516. The van der Waals surface area contributed by atoms with E-state index < -0.39 is 5.41 Å². The summed E-state index contributed by atoms with van der Waals surface area (Å²) in [5, 5.41) is 0. The predicted octanol–water partition coefficient (Wildman–Crippen LogP) is 3.67. The van der Waals surface area contributed by atoms with Crippen molar-refractivity contribution < 1.29 is 19.0 Å². The third kappa shape index (κ3) is 4.65. The number of hydrogen-bond donors (Lipinski definition) is 0. The van der Waals surface area contributed by atoms with E-state index >= 15 is 0 Å². The Bertz CT molecular complexity index is 754. The zero-order chi connectivity index (χ0) is 19.8. The molecular formula is C23H29NO4. The molecule has 0 aromatic heterocycles. The second-order valence-corrected chi connectivity index (χ2v) is 7.04. The third-order valence-corrected chi connectivity index (χ3v) is 5.42. The summed E-state index contributed by atoms with van der Waals surface area (Å²) in [6.45, 7) is 5.38. The van der Waals surface area contributed by atoms with Crippen LogP contribution in [0.1, 0.15) is 25.3 Å². The Morgan fingerprint density at radius 2 is 1.75 bits per heavy atom. The van der Waals surface area contributed by atoms with Gasteiger partial charge in [-0.3, -0.25) is 9.69 Å². The van der Waals surface area contributed by atoms with Gasteiger partial charge in [-0.1, -0.05) is 36.4 Å². The molecule has 0 unspecified atom stereocenters. The number of hydrogen-bond acceptors (Lipinski definition) is 5. The van der Waals surface area contributed by atoms with Gasteiger partial charge in [0, 0.05) is 12.6 Å². The number of methoxy groups -OCH3 is 1. The van der Waals surface area contributed by atoms with Crippen LogP contribution in [0, 0.1) is 0 Å². The van der Waals surface area contributed by atoms with Crippen LogP contribution in [-0.2, 0) is 14.9 Å². The van der Waals surface area contributed by atoms with Crippen LogP contribution in [0.25, 0.3) is 0 Å². The van der Waals surface area contributed by atoms with E-state index in [1.165, 1.54) is 0 Å². The Morgan fingerprint density at radius 1 is 1.04 bits per heavy atom. The number of carbonyl (C=O) groups excluding carboxylic acids is 1. The van der Waals surface area contributed by atoms with Crippen LogP contribution in [0.2, 0.25) is 0 Å². The molecule has 0 atom stereocenters. The zero-order valence-electron chi connectivity index (χ0n) is 16.7. The van der Waals surface area contributed by atoms with E-state index in [9.17, 15) is 4.79 Å². The summed E-state index contributed by atoms with van der Waals surface area (Å²) in [5.74, 6) is 1.49. The van der Waals surface area contributed by atoms with E-state index in [0.717, 1.165) is 49.5 Å². The smallest absolute Gasteiger partial charge is 0.316 e. The number of nitrogens with zero attached hydrogens (tertiary/aromatic N) is 1. The highest BCUT2D eigenvalue weighted by atomic mass is 16.5. The summed E-state index contributed by atoms with van der Waals surface area (Å²) in [4.78, 5) is 15.2. The minimum atomic E-state index is -0.540. The first-order valence-corrected chi connectivity index (χ1v) is 9.90. The Kier molecular flexibility index (Phi) is 6.93. The summed E-state index contributed by atoms with van der Waals surface area (Å²) >= 11 is 0. The van der Waals surface area contributed by atoms with Gasteiger partial charge in [0.2, 0.25) is 0 Å². The van der Waals surface area contributed by atoms with Crippen LogP contribution in [-0.4, -0.2) is 50.8 Å². The number of rotatable bonds is 8. The lowest BCUT2D eigenvalue weighted by Crippen LogP contribution is -2.48. The van der Waals surface area contributed by atoms with Crippen LogP contribution in [0.3, 0.4) is 0 Å². The lowest BCUT2D eigenvalue weighted by molar-refractivity contribution is -0.152. The van der Waals surface area contributed by atoms with Gasteiger partial charge in [-0.15, -0.1) is 0 Å². The Morgan fingerprint density at radius 3 is 2.43 bits per heavy atom. The van der Waals surface area contributed by atoms with Crippen LogP contribution in [0.5, 0.6) is 11.5 Å². The highest BCUT2D eigenvalue weighted by molar-refractivity contribution is 5.83. The average Bonchev–Trinajstić information content (AvgIpc) is 2.75. The molecule has 0 N–H and O–H groups in total. The fourth-order valence-corrected chi connectivity index (χ4v) is 3.78. The molecule has 0 spiro atoms. The maximum atomic E-state index is 12.8. The van der Waals surface area contributed by atoms with Gasteiger partial charge in [-0.05, 0) is 50.6 Å². The van der Waals surface area contributed by atoms with Gasteiger partial charge in [0.15, 0.2) is 0 Å². The first-order valence-electron chi connectivity index (χ1n) is 9.90. The number of piperidine rings is 1. The Labute approximate surface area is 167 Å². The topological polar surface area (TPSA) is 48.0 Å². The molecule has 1 aliphatic heterocycles. The molecular weight excluding hydrogens is 354 g/mol. The number of benzene rings is 2. The van der Waals surface area contributed by atoms with E-state index in [-0.39, 0.29) is 5.97 Å². The van der Waals surface area contributed by atoms with Gasteiger partial charge in [0.1, 0.15) is 18.1 Å². The van der Waals surface area contributed by atoms with Crippen molar-refractivity contribution in [2.45, 2.75) is 25.2 Å². The summed E-state index contributed by atoms with van der Waals surface area (Å²) in [6.07, 6.45) is 1.52. The molecule has 150 valence electrons. The second-order valence-electron chi connectivity index (χ2n) is 7.04. The highest BCUT2D eigenvalue weighted by Crippen LogP contribution is 2.36. The van der Waals surface area contributed by atoms with Crippen molar-refractivity contribution >= 4 is 5.97 Å². The van der Waals surface area contributed by atoms with Crippen LogP contribution in [0.15, 0.2) is 54.6 Å². The van der Waals surface area contributed by atoms with Gasteiger partial charge in [0.25, 0.3) is 0 Å². The molecule has 0 bridgehead atoms. The summed E-state index contributed by atoms with van der Waals surface area (Å²) in [7, 11) is 1.65. The lowest BCUT2D eigenvalue weighted by atomic mass is 9.72. The zero-order valence-corrected chi connectivity index (χ0v) is 16.7. The normalized spacial score (nSPS) is 16.4. The SMILES string of the molecule is CCOC(=O)C1(c2ccccc2)CCN(CCOc2cccc(OC)c2)CC1. The molecule has 1 aliphatic rings. The predicted molar refractivity (Wildman–Crippen MR) is 109 cm³/mol. The molecule has 1 heterocycles. The van der Waals surface area contributed by atoms with Crippen LogP contribution >= 0.6 is 0 Å². The van der Waals surface area contributed by atoms with Crippen molar-refractivity contribution in [3.05, 3.63) is 60.2 Å². The summed E-state index contributed by atoms with van der Waals surface area (Å²) < 4.78 is 16.5. The minimum absolute atomic E-state index is 0.103. The average molecular weight is 383 g/mol. The van der Waals surface area contributed by atoms with Gasteiger partial charge in [-0.25, -0.2) is 0 Å². The first kappa shape index (κ1) is 20.2. The van der Waals surface area contributed by atoms with Gasteiger partial charge in [0.05, 0.1) is 19.1 Å². The van der Waals surface area contributed by atoms with E-state index in [4.69, 9.17) is 14.2 Å². The lowest BCUT2D eigenvalue weighted by Gasteiger charge is -2.40. The molecule has 2 aromatic carbocycles. The molecule has 0 amide bonds. The Balaban J connectivity index is 1.57. The number of esters is 1. The van der Waals surface area contributed by atoms with Gasteiger partial charge in [-0.2, -0.15) is 0 Å². The number of carbonyl (C=O) groups is 1. The van der Waals surface area contributed by atoms with Crippen molar-refractivity contribution in [3.8, 4) is 11.5 Å². The van der Waals surface area contributed by atoms with Crippen LogP contribution in [0.4, 0.5) is 0 Å². The molecule has 2 aromatic rings. The number of ether oxygens (including phenoxy) is 3. The molecule has 5 heteroatoms. The first-order chi connectivity index (χ1) is 13.7. The minimum Gasteiger partial charge on any atom is -0.497 e. The monoisotopic (exact) mass is 383 g/mol. The third-order valence-electron chi connectivity index (χ3n) is 5.42. The molecule has 28 heavy (non-hydrogen) atoms. The molecule has 3 rings (SSSR count). The summed E-state index contributed by atoms with van der Waals surface area (Å²) in [6, 6.07) is 17.7. The molecule has 0 aliphatic carbocycles. The van der Waals surface area contributed by atoms with Gasteiger partial charge < -0.3 is 14.2 Å². The molecule has 0 saturated carbocycles. The largest absolute Gasteiger partial charge is 0.497 e. The standard InChI is InChI=1S/C23H29NO4/c1-3-27-22(25)23(19-8-5-4-6-9-19)12-14-24(15-13-23)16-17-28-21-11-7-10-20(18-21)26-2/h4-11,18H,3,12-17H2,1-2H3. The van der Waals surface area contributed by atoms with E-state index in [0.29, 0.717) is 13.2 Å².